The predicted octanol–water partition coefficient (Wildman–Crippen LogP) is -0.00350. The fourth-order valence-electron chi connectivity index (χ4n) is 11.9. The van der Waals surface area contributed by atoms with E-state index in [1.807, 2.05) is 18.2 Å². The van der Waals surface area contributed by atoms with Crippen molar-refractivity contribution in [3.8, 4) is 0 Å². The van der Waals surface area contributed by atoms with E-state index in [1.165, 1.54) is 24.1 Å². The highest BCUT2D eigenvalue weighted by Gasteiger charge is 2.39. The van der Waals surface area contributed by atoms with Gasteiger partial charge in [-0.2, -0.15) is 11.8 Å². The molecule has 12 atom stereocenters. The maximum absolute atomic E-state index is 15.1. The van der Waals surface area contributed by atoms with Gasteiger partial charge in [0, 0.05) is 91.2 Å². The highest BCUT2D eigenvalue weighted by Crippen LogP contribution is 2.34. The van der Waals surface area contributed by atoms with Crippen LogP contribution >= 0.6 is 11.8 Å². The molecule has 3 aliphatic rings. The lowest BCUT2D eigenvalue weighted by Crippen LogP contribution is -2.60. The molecular formula is C68H96N16O16S. The molecule has 4 aromatic rings. The number of imidazole rings is 1. The molecule has 0 radical (unpaired) electrons. The lowest BCUT2D eigenvalue weighted by molar-refractivity contribution is -0.145. The molecule has 1 aliphatic carbocycles. The Morgan fingerprint density at radius 2 is 1.48 bits per heavy atom. The average Bonchev–Trinajstić information content (AvgIpc) is 1.30. The summed E-state index contributed by atoms with van der Waals surface area (Å²) in [6.45, 7) is 10.7. The van der Waals surface area contributed by atoms with Gasteiger partial charge in [0.15, 0.2) is 17.6 Å². The molecule has 4 bridgehead atoms. The number of aliphatic hydroxyl groups is 1. The number of amides is 9. The Labute approximate surface area is 588 Å². The van der Waals surface area contributed by atoms with Crippen LogP contribution in [0.5, 0.6) is 0 Å². The summed E-state index contributed by atoms with van der Waals surface area (Å²) in [5.74, 6) is -15.0. The standard InChI is InChI=1S/C68H96N16O16S/c1-36(2)57-54(87)28-43(26-45-25-40-12-8-9-14-42(40)30-70-45)61(93)76-49(64(96)80-58(38(4)85)67(99)100)21-23-101-34-52(81-68(5,6)7)66(98)73-37(3)59(91)75-48-18-17-44-33-84(83-82-44)22-11-10-13-41(60(92)79-57)27-53(86)47(19-20-56(89)90)74-55(88)32-71-62(94)50(24-39-15-16-39)77-65(97)51(78-63(48)95)29-46-31-69-35-72-46/h8-9,12,14,25,30-31,33,35-39,41,43,47-52,57-58,81,85H,10-11,13,15-24,26-29,32,34H2,1-7H3,(H,69,72)(H,71,94)(H,73,98)(H,74,88)(H,75,91)(H,76,93)(H,77,97)(H,78,95)(H,79,92)(H,80,96)(H,89,90)(H,99,100)/t37-,38?,41+,43+,47-,48-,49-,50-,51-,52-,57-,58-/m0/s1. The highest BCUT2D eigenvalue weighted by atomic mass is 32.2. The summed E-state index contributed by atoms with van der Waals surface area (Å²) in [5, 5.41) is 67.6. The number of carboxylic acid groups (broad SMARTS) is 2. The van der Waals surface area contributed by atoms with Crippen LogP contribution in [-0.2, 0) is 88.1 Å². The van der Waals surface area contributed by atoms with Crippen molar-refractivity contribution in [1.29, 1.82) is 0 Å². The number of thioether (sulfide) groups is 1. The predicted molar refractivity (Wildman–Crippen MR) is 367 cm³/mol. The minimum absolute atomic E-state index is 0.00563. The number of rotatable bonds is 15. The molecule has 1 fully saturated rings. The number of nitrogens with zero attached hydrogens (tertiary/aromatic N) is 5. The van der Waals surface area contributed by atoms with Crippen molar-refractivity contribution in [2.75, 3.05) is 18.1 Å². The first-order chi connectivity index (χ1) is 47.9. The van der Waals surface area contributed by atoms with E-state index < -0.39 is 193 Å². The molecular weight excluding hydrogens is 1330 g/mol. The average molecular weight is 1430 g/mol. The van der Waals surface area contributed by atoms with Gasteiger partial charge in [-0.3, -0.25) is 67.2 Å². The van der Waals surface area contributed by atoms with E-state index >= 15 is 9.59 Å². The Balaban J connectivity index is 1.31. The van der Waals surface area contributed by atoms with Crippen LogP contribution in [0, 0.1) is 23.7 Å². The zero-order valence-corrected chi connectivity index (χ0v) is 58.8. The summed E-state index contributed by atoms with van der Waals surface area (Å²) in [4.78, 5) is 196. The van der Waals surface area contributed by atoms with Gasteiger partial charge in [-0.25, -0.2) is 9.78 Å². The van der Waals surface area contributed by atoms with Gasteiger partial charge in [-0.15, -0.1) is 5.10 Å². The fraction of sp³-hybridized carbons (Fsp3) is 0.603. The van der Waals surface area contributed by atoms with Crippen LogP contribution in [-0.4, -0.2) is 206 Å². The number of nitrogens with one attached hydrogen (secondary N) is 11. The molecule has 33 heteroatoms. The van der Waals surface area contributed by atoms with E-state index in [0.29, 0.717) is 23.5 Å². The fourth-order valence-corrected chi connectivity index (χ4v) is 12.9. The van der Waals surface area contributed by atoms with Gasteiger partial charge in [-0.1, -0.05) is 62.6 Å². The number of hydrogen-bond acceptors (Lipinski definition) is 20. The van der Waals surface area contributed by atoms with Gasteiger partial charge >= 0.3 is 11.9 Å². The van der Waals surface area contributed by atoms with Crippen molar-refractivity contribution in [2.24, 2.45) is 23.7 Å². The monoisotopic (exact) mass is 1420 g/mol. The van der Waals surface area contributed by atoms with Gasteiger partial charge in [0.1, 0.15) is 30.2 Å². The second-order valence-corrected chi connectivity index (χ2v) is 28.9. The van der Waals surface area contributed by atoms with E-state index in [4.69, 9.17) is 0 Å². The Kier molecular flexibility index (Phi) is 29.3. The zero-order chi connectivity index (χ0) is 73.7. The lowest BCUT2D eigenvalue weighted by atomic mass is 9.87. The Morgan fingerprint density at radius 1 is 0.743 bits per heavy atom. The Hall–Kier alpha value is -9.24. The van der Waals surface area contributed by atoms with Crippen LogP contribution in [0.15, 0.2) is 55.2 Å². The first-order valence-corrected chi connectivity index (χ1v) is 35.5. The number of aliphatic hydroxyl groups excluding tert-OH is 1. The van der Waals surface area contributed by atoms with Crippen LogP contribution in [0.4, 0.5) is 0 Å². The summed E-state index contributed by atoms with van der Waals surface area (Å²) >= 11 is 1.16. The van der Waals surface area contributed by atoms with E-state index in [-0.39, 0.29) is 75.3 Å². The third-order valence-corrected chi connectivity index (χ3v) is 18.8. The normalized spacial score (nSPS) is 25.5. The quantitative estimate of drug-likeness (QED) is 0.0745. The molecule has 32 nitrogen and oxygen atoms in total. The zero-order valence-electron chi connectivity index (χ0n) is 58.0. The van der Waals surface area contributed by atoms with Crippen LogP contribution in [0.1, 0.15) is 143 Å². The second kappa shape index (κ2) is 37.4. The number of benzene rings is 1. The van der Waals surface area contributed by atoms with Gasteiger partial charge in [0.2, 0.25) is 53.2 Å². The van der Waals surface area contributed by atoms with Crippen LogP contribution in [0.3, 0.4) is 0 Å². The number of ketones is 2. The van der Waals surface area contributed by atoms with Gasteiger partial charge < -0.3 is 73.5 Å². The molecule has 1 unspecified atom stereocenters. The highest BCUT2D eigenvalue weighted by molar-refractivity contribution is 7.99. The first-order valence-electron chi connectivity index (χ1n) is 34.3. The minimum Gasteiger partial charge on any atom is -0.481 e. The number of H-pyrrole nitrogens is 1. The van der Waals surface area contributed by atoms with Crippen LogP contribution in [0.2, 0.25) is 0 Å². The largest absolute Gasteiger partial charge is 0.481 e. The maximum atomic E-state index is 15.1. The number of aromatic amines is 1. The number of aliphatic carboxylic acids is 2. The summed E-state index contributed by atoms with van der Waals surface area (Å²) < 4.78 is 1.52. The number of carbonyl (C=O) groups excluding carboxylic acids is 11. The molecule has 1 aromatic carbocycles. The first kappa shape index (κ1) is 79.1. The number of carboxylic acids is 2. The number of hydrogen-bond donors (Lipinski definition) is 14. The number of aromatic nitrogens is 6. The Bertz CT molecular complexity index is 3600. The topological polar surface area (TPSA) is 475 Å². The van der Waals surface area contributed by atoms with Crippen molar-refractivity contribution in [3.05, 3.63) is 72.3 Å². The molecule has 9 amide bonds. The van der Waals surface area contributed by atoms with Crippen molar-refractivity contribution < 1.29 is 77.6 Å². The summed E-state index contributed by atoms with van der Waals surface area (Å²) in [7, 11) is 0. The summed E-state index contributed by atoms with van der Waals surface area (Å²) in [5.41, 5.74) is 0.422. The molecule has 0 spiro atoms. The van der Waals surface area contributed by atoms with Crippen molar-refractivity contribution in [2.45, 2.75) is 217 Å². The second-order valence-electron chi connectivity index (χ2n) is 27.8. The van der Waals surface area contributed by atoms with Gasteiger partial charge in [0.25, 0.3) is 0 Å². The van der Waals surface area contributed by atoms with E-state index in [9.17, 15) is 68.1 Å². The lowest BCUT2D eigenvalue weighted by Gasteiger charge is -2.29. The number of Topliss-reactive ketones (excluding diaryl/α,β-unsaturated/α-hetero) is 2. The molecule has 7 rings (SSSR count). The van der Waals surface area contributed by atoms with Crippen LogP contribution in [0.25, 0.3) is 10.8 Å². The summed E-state index contributed by atoms with van der Waals surface area (Å²) in [6, 6.07) is -3.65. The molecule has 1 saturated carbocycles. The maximum Gasteiger partial charge on any atom is 0.328 e. The molecule has 550 valence electrons. The molecule has 2 aliphatic heterocycles. The van der Waals surface area contributed by atoms with E-state index in [1.54, 1.807) is 59.1 Å². The number of pyridine rings is 1. The molecule has 0 saturated heterocycles. The number of aryl methyl sites for hydroxylation is 2. The van der Waals surface area contributed by atoms with Crippen molar-refractivity contribution in [1.82, 2.24) is 83.1 Å². The third kappa shape index (κ3) is 25.4. The van der Waals surface area contributed by atoms with Gasteiger partial charge in [0.05, 0.1) is 48.7 Å². The number of fused-ring (bicyclic) bond motifs is 7. The van der Waals surface area contributed by atoms with E-state index in [0.717, 1.165) is 42.3 Å². The molecule has 5 heterocycles. The molecule has 14 N–H and O–H groups in total. The van der Waals surface area contributed by atoms with Gasteiger partial charge in [-0.05, 0) is 109 Å². The SMILES string of the molecule is CC(C)[C@@H]1NC(=O)[C@@H]2CCCCn3cc(nn3)CC[C@H](NC(=O)[C@H](C)NC(=O)[C@@H](NC(C)(C)C)CSCC[C@@H](C(=O)N[C@H](C(=O)O)C(C)O)NC(=O)[C@H](Cc3cc4ccccc4cn3)CC1=O)C(=O)N[C@@H](Cc1cnc[nH]1)C(=O)N[C@@H](CC1CC1)C(=O)NCC(=O)N[C@@H](CCC(=O)O)C(=O)C2. The molecule has 101 heavy (non-hydrogen) atoms. The van der Waals surface area contributed by atoms with Crippen molar-refractivity contribution in [3.63, 3.8) is 0 Å². The number of carbonyl (C=O) groups is 13. The third-order valence-electron chi connectivity index (χ3n) is 17.7. The minimum atomic E-state index is -1.83. The van der Waals surface area contributed by atoms with Crippen LogP contribution < -0.4 is 53.2 Å². The smallest absolute Gasteiger partial charge is 0.328 e. The van der Waals surface area contributed by atoms with E-state index in [2.05, 4.69) is 78.4 Å². The Morgan fingerprint density at radius 3 is 2.15 bits per heavy atom. The summed E-state index contributed by atoms with van der Waals surface area (Å²) in [6.07, 6.45) is 3.65. The molecule has 3 aromatic heterocycles. The van der Waals surface area contributed by atoms with Crippen molar-refractivity contribution >= 4 is 99.2 Å².